The van der Waals surface area contributed by atoms with Gasteiger partial charge in [-0.3, -0.25) is 9.59 Å². The van der Waals surface area contributed by atoms with Gasteiger partial charge in [0.2, 0.25) is 0 Å². The number of hydrogen-bond donors (Lipinski definition) is 1. The number of fused-ring (bicyclic) bond motifs is 2. The Labute approximate surface area is 89.9 Å². The van der Waals surface area contributed by atoms with Crippen molar-refractivity contribution in [2.24, 2.45) is 22.7 Å². The highest BCUT2D eigenvalue weighted by atomic mass is 16.4. The van der Waals surface area contributed by atoms with Crippen molar-refractivity contribution in [2.45, 2.75) is 40.0 Å². The predicted molar refractivity (Wildman–Crippen MR) is 55.4 cm³/mol. The molecule has 0 spiro atoms. The Bertz CT molecular complexity index is 332. The molecule has 3 nitrogen and oxygen atoms in total. The maximum atomic E-state index is 12.2. The molecular formula is C12H18O3. The van der Waals surface area contributed by atoms with Crippen molar-refractivity contribution in [3.8, 4) is 0 Å². The molecule has 2 saturated carbocycles. The molecular weight excluding hydrogens is 192 g/mol. The first-order valence-electron chi connectivity index (χ1n) is 5.57. The van der Waals surface area contributed by atoms with Crippen LogP contribution >= 0.6 is 0 Å². The molecule has 3 atom stereocenters. The summed E-state index contributed by atoms with van der Waals surface area (Å²) < 4.78 is 0. The molecule has 1 N–H and O–H groups in total. The van der Waals surface area contributed by atoms with Crippen molar-refractivity contribution in [2.75, 3.05) is 0 Å². The van der Waals surface area contributed by atoms with Crippen molar-refractivity contribution < 1.29 is 14.7 Å². The van der Waals surface area contributed by atoms with E-state index in [4.69, 9.17) is 5.11 Å². The van der Waals surface area contributed by atoms with Crippen molar-refractivity contribution >= 4 is 11.8 Å². The van der Waals surface area contributed by atoms with Crippen LogP contribution in [-0.4, -0.2) is 16.9 Å². The molecule has 2 rings (SSSR count). The van der Waals surface area contributed by atoms with E-state index in [-0.39, 0.29) is 34.9 Å². The number of carbonyl (C=O) groups is 2. The van der Waals surface area contributed by atoms with Gasteiger partial charge >= 0.3 is 5.97 Å². The summed E-state index contributed by atoms with van der Waals surface area (Å²) in [6, 6.07) is 0. The lowest BCUT2D eigenvalue weighted by Crippen LogP contribution is -2.33. The van der Waals surface area contributed by atoms with Gasteiger partial charge in [-0.05, 0) is 24.2 Å². The topological polar surface area (TPSA) is 54.4 Å². The van der Waals surface area contributed by atoms with Gasteiger partial charge in [-0.2, -0.15) is 0 Å². The van der Waals surface area contributed by atoms with Gasteiger partial charge in [-0.1, -0.05) is 20.8 Å². The third kappa shape index (κ3) is 1.12. The smallest absolute Gasteiger partial charge is 0.304 e. The Hall–Kier alpha value is -0.860. The zero-order valence-corrected chi connectivity index (χ0v) is 9.54. The fourth-order valence-corrected chi connectivity index (χ4v) is 3.70. The second kappa shape index (κ2) is 2.83. The molecule has 2 aliphatic rings. The van der Waals surface area contributed by atoms with E-state index in [9.17, 15) is 9.59 Å². The Kier molecular flexibility index (Phi) is 2.01. The summed E-state index contributed by atoms with van der Waals surface area (Å²) in [7, 11) is 0. The van der Waals surface area contributed by atoms with Crippen molar-refractivity contribution in [3.05, 3.63) is 0 Å². The Morgan fingerprint density at radius 2 is 2.07 bits per heavy atom. The van der Waals surface area contributed by atoms with Gasteiger partial charge in [0.05, 0.1) is 6.42 Å². The van der Waals surface area contributed by atoms with E-state index >= 15 is 0 Å². The Balaban J connectivity index is 2.34. The first-order valence-corrected chi connectivity index (χ1v) is 5.57. The summed E-state index contributed by atoms with van der Waals surface area (Å²) in [5, 5.41) is 8.82. The quantitative estimate of drug-likeness (QED) is 0.759. The summed E-state index contributed by atoms with van der Waals surface area (Å²) in [5.41, 5.74) is -0.304. The zero-order valence-electron chi connectivity index (χ0n) is 9.54. The van der Waals surface area contributed by atoms with Crippen LogP contribution < -0.4 is 0 Å². The maximum absolute atomic E-state index is 12.2. The molecule has 84 valence electrons. The van der Waals surface area contributed by atoms with Crippen LogP contribution in [0.5, 0.6) is 0 Å². The minimum Gasteiger partial charge on any atom is -0.481 e. The fraction of sp³-hybridized carbons (Fsp3) is 0.833. The third-order valence-electron chi connectivity index (χ3n) is 5.07. The molecule has 0 aromatic heterocycles. The van der Waals surface area contributed by atoms with Gasteiger partial charge in [0, 0.05) is 11.3 Å². The standard InChI is InChI=1S/C12H18O3/c1-11(2)8-4-5-12(11,3)10(15)7(8)6-9(13)14/h7-8H,4-6H2,1-3H3,(H,13,14)/t7-,8-,12+/m1/s1. The van der Waals surface area contributed by atoms with Gasteiger partial charge in [-0.25, -0.2) is 0 Å². The first kappa shape index (κ1) is 10.7. The lowest BCUT2D eigenvalue weighted by Gasteiger charge is -2.32. The molecule has 3 heteroatoms. The highest BCUT2D eigenvalue weighted by Crippen LogP contribution is 2.66. The van der Waals surface area contributed by atoms with Gasteiger partial charge in [0.15, 0.2) is 0 Å². The average Bonchev–Trinajstić information content (AvgIpc) is 2.40. The lowest BCUT2D eigenvalue weighted by molar-refractivity contribution is -0.142. The molecule has 0 aromatic rings. The summed E-state index contributed by atoms with van der Waals surface area (Å²) in [6.45, 7) is 6.24. The first-order chi connectivity index (χ1) is 6.80. The highest BCUT2D eigenvalue weighted by molar-refractivity contribution is 5.93. The summed E-state index contributed by atoms with van der Waals surface area (Å²) in [6.07, 6.45) is 1.95. The van der Waals surface area contributed by atoms with E-state index in [0.29, 0.717) is 0 Å². The Morgan fingerprint density at radius 1 is 1.47 bits per heavy atom. The monoisotopic (exact) mass is 210 g/mol. The number of hydrogen-bond acceptors (Lipinski definition) is 2. The molecule has 0 aromatic carbocycles. The van der Waals surface area contributed by atoms with Crippen LogP contribution in [0.2, 0.25) is 0 Å². The van der Waals surface area contributed by atoms with Gasteiger partial charge in [0.25, 0.3) is 0 Å². The second-order valence-electron chi connectivity index (χ2n) is 5.77. The highest BCUT2D eigenvalue weighted by Gasteiger charge is 2.66. The Morgan fingerprint density at radius 3 is 2.47 bits per heavy atom. The number of rotatable bonds is 2. The van der Waals surface area contributed by atoms with Gasteiger partial charge in [0.1, 0.15) is 5.78 Å². The van der Waals surface area contributed by atoms with Crippen LogP contribution in [0.25, 0.3) is 0 Å². The number of carboxylic acid groups (broad SMARTS) is 1. The SMILES string of the molecule is CC1(C)[C@@H]2CC[C@@]1(C)C(=O)[C@@H]2CC(=O)O. The van der Waals surface area contributed by atoms with E-state index in [1.54, 1.807) is 0 Å². The number of carbonyl (C=O) groups excluding carboxylic acids is 1. The van der Waals surface area contributed by atoms with Crippen molar-refractivity contribution in [1.82, 2.24) is 0 Å². The van der Waals surface area contributed by atoms with Crippen LogP contribution in [0.15, 0.2) is 0 Å². The predicted octanol–water partition coefficient (Wildman–Crippen LogP) is 2.10. The molecule has 2 fully saturated rings. The third-order valence-corrected chi connectivity index (χ3v) is 5.07. The molecule has 0 amide bonds. The fourth-order valence-electron chi connectivity index (χ4n) is 3.70. The van der Waals surface area contributed by atoms with E-state index in [0.717, 1.165) is 12.8 Å². The molecule has 2 bridgehead atoms. The lowest BCUT2D eigenvalue weighted by atomic mass is 9.70. The number of aliphatic carboxylic acids is 1. The number of Topliss-reactive ketones (excluding diaryl/α,β-unsaturated/α-hetero) is 1. The van der Waals surface area contributed by atoms with Crippen LogP contribution in [0.3, 0.4) is 0 Å². The zero-order chi connectivity index (χ0) is 11.4. The van der Waals surface area contributed by atoms with E-state index < -0.39 is 5.97 Å². The van der Waals surface area contributed by atoms with Crippen LogP contribution in [0.4, 0.5) is 0 Å². The van der Waals surface area contributed by atoms with E-state index in [1.165, 1.54) is 0 Å². The normalized spacial score (nSPS) is 42.2. The molecule has 2 aliphatic carbocycles. The van der Waals surface area contributed by atoms with Gasteiger partial charge < -0.3 is 5.11 Å². The summed E-state index contributed by atoms with van der Waals surface area (Å²) in [4.78, 5) is 22.9. The summed E-state index contributed by atoms with van der Waals surface area (Å²) in [5.74, 6) is -0.631. The minimum atomic E-state index is -0.847. The number of carboxylic acids is 1. The van der Waals surface area contributed by atoms with Crippen LogP contribution in [-0.2, 0) is 9.59 Å². The van der Waals surface area contributed by atoms with Crippen molar-refractivity contribution in [1.29, 1.82) is 0 Å². The van der Waals surface area contributed by atoms with E-state index in [1.807, 2.05) is 6.92 Å². The van der Waals surface area contributed by atoms with Crippen LogP contribution in [0.1, 0.15) is 40.0 Å². The van der Waals surface area contributed by atoms with Gasteiger partial charge in [-0.15, -0.1) is 0 Å². The maximum Gasteiger partial charge on any atom is 0.304 e. The van der Waals surface area contributed by atoms with Crippen molar-refractivity contribution in [3.63, 3.8) is 0 Å². The molecule has 0 radical (unpaired) electrons. The number of ketones is 1. The summed E-state index contributed by atoms with van der Waals surface area (Å²) >= 11 is 0. The minimum absolute atomic E-state index is 0.0164. The molecule has 0 saturated heterocycles. The molecule has 15 heavy (non-hydrogen) atoms. The molecule has 0 heterocycles. The molecule has 0 aliphatic heterocycles. The largest absolute Gasteiger partial charge is 0.481 e. The average molecular weight is 210 g/mol. The van der Waals surface area contributed by atoms with E-state index in [2.05, 4.69) is 13.8 Å². The second-order valence-corrected chi connectivity index (χ2v) is 5.77. The van der Waals surface area contributed by atoms with Crippen LogP contribution in [0, 0.1) is 22.7 Å². The molecule has 0 unspecified atom stereocenters.